The zero-order chi connectivity index (χ0) is 18.5. The number of fused-ring (bicyclic) bond motifs is 2. The lowest BCUT2D eigenvalue weighted by Gasteiger charge is -2.30. The number of esters is 1. The number of alkyl halides is 2. The van der Waals surface area contributed by atoms with Gasteiger partial charge in [-0.2, -0.15) is 0 Å². The van der Waals surface area contributed by atoms with E-state index < -0.39 is 15.7 Å². The number of carbonyl (C=O) groups is 2. The Kier molecular flexibility index (Phi) is 4.21. The number of nitrogens with zero attached hydrogens (tertiary/aromatic N) is 1. The van der Waals surface area contributed by atoms with Crippen molar-refractivity contribution in [3.8, 4) is 0 Å². The number of hydrogen-bond donors (Lipinski definition) is 0. The van der Waals surface area contributed by atoms with Crippen molar-refractivity contribution in [3.63, 3.8) is 0 Å². The van der Waals surface area contributed by atoms with Crippen molar-refractivity contribution in [1.29, 1.82) is 0 Å². The molecule has 1 aliphatic carbocycles. The summed E-state index contributed by atoms with van der Waals surface area (Å²) in [5, 5.41) is 0. The molecule has 134 valence electrons. The summed E-state index contributed by atoms with van der Waals surface area (Å²) in [4.78, 5) is 28.7. The molecule has 0 N–H and O–H groups in total. The number of anilines is 2. The fraction of sp³-hybridized carbons (Fsp3) is 0.263. The van der Waals surface area contributed by atoms with Crippen LogP contribution in [0.2, 0.25) is 0 Å². The molecule has 4 nitrogen and oxygen atoms in total. The maximum Gasteiger partial charge on any atom is 0.315 e. The molecule has 1 atom stereocenters. The van der Waals surface area contributed by atoms with Crippen LogP contribution in [0.4, 0.5) is 11.4 Å². The van der Waals surface area contributed by atoms with Crippen molar-refractivity contribution >= 4 is 58.2 Å². The number of amides is 1. The van der Waals surface area contributed by atoms with E-state index in [1.165, 1.54) is 0 Å². The first-order chi connectivity index (χ1) is 12.3. The van der Waals surface area contributed by atoms with Gasteiger partial charge in [-0.05, 0) is 31.2 Å². The number of ether oxygens (including phenoxy) is 1. The molecule has 2 aromatic carbocycles. The molecule has 0 unspecified atom stereocenters. The first kappa shape index (κ1) is 17.7. The molecule has 2 aliphatic rings. The van der Waals surface area contributed by atoms with Gasteiger partial charge in [0.2, 0.25) is 0 Å². The third-order valence-corrected chi connectivity index (χ3v) is 6.95. The fourth-order valence-electron chi connectivity index (χ4n) is 2.95. The normalized spacial score (nSPS) is 22.2. The highest BCUT2D eigenvalue weighted by atomic mass is 35.5. The highest BCUT2D eigenvalue weighted by Crippen LogP contribution is 2.64. The van der Waals surface area contributed by atoms with Gasteiger partial charge in [-0.25, -0.2) is 0 Å². The van der Waals surface area contributed by atoms with E-state index in [0.717, 1.165) is 21.2 Å². The second kappa shape index (κ2) is 6.19. The first-order valence-electron chi connectivity index (χ1n) is 8.07. The Bertz CT molecular complexity index is 872. The van der Waals surface area contributed by atoms with Crippen LogP contribution in [-0.4, -0.2) is 22.8 Å². The summed E-state index contributed by atoms with van der Waals surface area (Å²) in [6.07, 6.45) is 0.322. The summed E-state index contributed by atoms with van der Waals surface area (Å²) in [6, 6.07) is 15.3. The lowest BCUT2D eigenvalue weighted by Crippen LogP contribution is -2.34. The Morgan fingerprint density at radius 3 is 2.08 bits per heavy atom. The molecule has 0 radical (unpaired) electrons. The molecule has 26 heavy (non-hydrogen) atoms. The Balaban J connectivity index is 1.57. The van der Waals surface area contributed by atoms with Crippen LogP contribution in [0.1, 0.15) is 13.3 Å². The van der Waals surface area contributed by atoms with Crippen LogP contribution in [0.15, 0.2) is 58.3 Å². The smallest absolute Gasteiger partial charge is 0.315 e. The minimum atomic E-state index is -1.12. The summed E-state index contributed by atoms with van der Waals surface area (Å²) in [7, 11) is 0. The van der Waals surface area contributed by atoms with Crippen molar-refractivity contribution in [1.82, 2.24) is 0 Å². The number of halogens is 2. The monoisotopic (exact) mass is 407 g/mol. The SMILES string of the molecule is C[C@@]1(C(=O)OCC(=O)N2c3ccccc3Sc3ccccc32)CC1(Cl)Cl. The second-order valence-corrected chi connectivity index (χ2v) is 9.12. The van der Waals surface area contributed by atoms with E-state index >= 15 is 0 Å². The average molecular weight is 408 g/mol. The number of para-hydroxylation sites is 2. The van der Waals surface area contributed by atoms with E-state index in [9.17, 15) is 9.59 Å². The van der Waals surface area contributed by atoms with Gasteiger partial charge in [0.1, 0.15) is 9.75 Å². The minimum absolute atomic E-state index is 0.322. The zero-order valence-electron chi connectivity index (χ0n) is 13.9. The Morgan fingerprint density at radius 2 is 1.58 bits per heavy atom. The third kappa shape index (κ3) is 2.79. The molecule has 1 aliphatic heterocycles. The summed E-state index contributed by atoms with van der Waals surface area (Å²) in [6.45, 7) is 1.27. The van der Waals surface area contributed by atoms with Gasteiger partial charge in [0.05, 0.1) is 11.4 Å². The van der Waals surface area contributed by atoms with E-state index in [1.54, 1.807) is 23.6 Å². The van der Waals surface area contributed by atoms with Crippen LogP contribution in [0, 0.1) is 5.41 Å². The van der Waals surface area contributed by atoms with Gasteiger partial charge in [0.25, 0.3) is 5.91 Å². The van der Waals surface area contributed by atoms with Crippen LogP contribution in [0.25, 0.3) is 0 Å². The van der Waals surface area contributed by atoms with Gasteiger partial charge in [0, 0.05) is 16.2 Å². The molecular weight excluding hydrogens is 393 g/mol. The van der Waals surface area contributed by atoms with Crippen molar-refractivity contribution in [2.45, 2.75) is 27.5 Å². The Morgan fingerprint density at radius 1 is 1.08 bits per heavy atom. The van der Waals surface area contributed by atoms with Gasteiger partial charge in [-0.1, -0.05) is 36.0 Å². The van der Waals surface area contributed by atoms with Gasteiger partial charge in [-0.15, -0.1) is 23.2 Å². The summed E-state index contributed by atoms with van der Waals surface area (Å²) >= 11 is 13.6. The molecule has 0 saturated heterocycles. The predicted octanol–water partition coefficient (Wildman–Crippen LogP) is 4.94. The van der Waals surface area contributed by atoms with E-state index in [0.29, 0.717) is 6.42 Å². The van der Waals surface area contributed by atoms with Gasteiger partial charge >= 0.3 is 5.97 Å². The quantitative estimate of drug-likeness (QED) is 0.533. The standard InChI is InChI=1S/C19H15Cl2NO3S/c1-18(11-19(18,20)21)17(24)25-10-16(23)22-12-6-2-4-8-14(12)26-15-9-5-3-7-13(15)22/h2-9H,10-11H2,1H3/t18-/m0/s1. The maximum atomic E-state index is 12.9. The number of rotatable bonds is 3. The van der Waals surface area contributed by atoms with Crippen LogP contribution < -0.4 is 4.90 Å². The fourth-order valence-corrected chi connectivity index (χ4v) is 4.69. The summed E-state index contributed by atoms with van der Waals surface area (Å²) < 4.78 is 4.13. The average Bonchev–Trinajstić information content (AvgIpc) is 3.16. The topological polar surface area (TPSA) is 46.6 Å². The maximum absolute atomic E-state index is 12.9. The molecule has 0 bridgehead atoms. The Labute approximate surface area is 165 Å². The highest BCUT2D eigenvalue weighted by Gasteiger charge is 2.69. The third-order valence-electron chi connectivity index (χ3n) is 4.72. The molecule has 7 heteroatoms. The highest BCUT2D eigenvalue weighted by molar-refractivity contribution is 7.99. The van der Waals surface area contributed by atoms with Crippen LogP contribution in [0.3, 0.4) is 0 Å². The summed E-state index contributed by atoms with van der Waals surface area (Å²) in [5.74, 6) is -0.874. The molecular formula is C19H15Cl2NO3S. The molecule has 1 saturated carbocycles. The molecule has 1 heterocycles. The van der Waals surface area contributed by atoms with E-state index in [-0.39, 0.29) is 12.5 Å². The Hall–Kier alpha value is -1.69. The number of benzene rings is 2. The van der Waals surface area contributed by atoms with Gasteiger partial charge in [-0.3, -0.25) is 14.5 Å². The van der Waals surface area contributed by atoms with Crippen molar-refractivity contribution < 1.29 is 14.3 Å². The van der Waals surface area contributed by atoms with Gasteiger partial charge in [0.15, 0.2) is 6.61 Å². The van der Waals surface area contributed by atoms with Gasteiger partial charge < -0.3 is 4.74 Å². The van der Waals surface area contributed by atoms with Crippen LogP contribution in [-0.2, 0) is 14.3 Å². The lowest BCUT2D eigenvalue weighted by atomic mass is 10.1. The first-order valence-corrected chi connectivity index (χ1v) is 9.65. The van der Waals surface area contributed by atoms with E-state index in [4.69, 9.17) is 27.9 Å². The zero-order valence-corrected chi connectivity index (χ0v) is 16.2. The molecule has 2 aromatic rings. The molecule has 1 amide bonds. The largest absolute Gasteiger partial charge is 0.455 e. The minimum Gasteiger partial charge on any atom is -0.455 e. The lowest BCUT2D eigenvalue weighted by molar-refractivity contribution is -0.152. The number of carbonyl (C=O) groups excluding carboxylic acids is 2. The van der Waals surface area contributed by atoms with Crippen LogP contribution >= 0.6 is 35.0 Å². The van der Waals surface area contributed by atoms with E-state index in [1.807, 2.05) is 48.5 Å². The van der Waals surface area contributed by atoms with E-state index in [2.05, 4.69) is 0 Å². The predicted molar refractivity (Wildman–Crippen MR) is 102 cm³/mol. The summed E-state index contributed by atoms with van der Waals surface area (Å²) in [5.41, 5.74) is 0.599. The van der Waals surface area contributed by atoms with Crippen LogP contribution in [0.5, 0.6) is 0 Å². The van der Waals surface area contributed by atoms with Crippen molar-refractivity contribution in [3.05, 3.63) is 48.5 Å². The molecule has 1 fully saturated rings. The van der Waals surface area contributed by atoms with Crippen molar-refractivity contribution in [2.24, 2.45) is 5.41 Å². The molecule has 0 aromatic heterocycles. The second-order valence-electron chi connectivity index (χ2n) is 6.56. The molecule has 4 rings (SSSR count). The molecule has 0 spiro atoms. The van der Waals surface area contributed by atoms with Crippen molar-refractivity contribution in [2.75, 3.05) is 11.5 Å². The number of hydrogen-bond acceptors (Lipinski definition) is 4.